The van der Waals surface area contributed by atoms with Gasteiger partial charge in [-0.15, -0.1) is 0 Å². The Hall–Kier alpha value is -3.35. The van der Waals surface area contributed by atoms with Crippen molar-refractivity contribution in [2.75, 3.05) is 7.05 Å². The zero-order valence-corrected chi connectivity index (χ0v) is 19.0. The van der Waals surface area contributed by atoms with Gasteiger partial charge in [0.05, 0.1) is 5.69 Å². The van der Waals surface area contributed by atoms with E-state index in [2.05, 4.69) is 46.5 Å². The first-order valence-corrected chi connectivity index (χ1v) is 10.5. The van der Waals surface area contributed by atoms with E-state index < -0.39 is 0 Å². The van der Waals surface area contributed by atoms with Gasteiger partial charge in [-0.3, -0.25) is 9.67 Å². The maximum atomic E-state index is 5.83. The molecule has 2 N–H and O–H groups in total. The minimum Gasteiger partial charge on any atom is -0.473 e. The summed E-state index contributed by atoms with van der Waals surface area (Å²) in [6.07, 6.45) is 2.66. The molecule has 31 heavy (non-hydrogen) atoms. The number of guanidine groups is 1. The number of hydrogen-bond acceptors (Lipinski definition) is 4. The van der Waals surface area contributed by atoms with Gasteiger partial charge in [-0.1, -0.05) is 30.3 Å². The summed E-state index contributed by atoms with van der Waals surface area (Å²) in [5, 5.41) is 11.3. The maximum Gasteiger partial charge on any atom is 0.213 e. The fourth-order valence-electron chi connectivity index (χ4n) is 3.45. The molecular formula is C24H32N6O. The summed E-state index contributed by atoms with van der Waals surface area (Å²) in [5.74, 6) is 1.37. The standard InChI is InChI=1S/C24H32N6O/c1-17(13-22-18(2)29-30(5)19(22)3)28-24(25-4)27-15-21-11-12-26-23(14-21)31-16-20-9-7-6-8-10-20/h6-12,14,17H,13,15-16H2,1-5H3,(H2,25,27,28). The molecule has 0 amide bonds. The third-order valence-electron chi connectivity index (χ3n) is 5.26. The highest BCUT2D eigenvalue weighted by atomic mass is 16.5. The number of nitrogens with one attached hydrogen (secondary N) is 2. The topological polar surface area (TPSA) is 76.4 Å². The van der Waals surface area contributed by atoms with Crippen LogP contribution in [0.25, 0.3) is 0 Å². The Kier molecular flexibility index (Phi) is 7.65. The summed E-state index contributed by atoms with van der Waals surface area (Å²) in [4.78, 5) is 8.67. The molecule has 3 aromatic rings. The monoisotopic (exact) mass is 420 g/mol. The van der Waals surface area contributed by atoms with Crippen LogP contribution in [0.4, 0.5) is 0 Å². The van der Waals surface area contributed by atoms with E-state index >= 15 is 0 Å². The van der Waals surface area contributed by atoms with Crippen LogP contribution < -0.4 is 15.4 Å². The number of aromatic nitrogens is 3. The largest absolute Gasteiger partial charge is 0.473 e. The molecule has 7 nitrogen and oxygen atoms in total. The molecule has 0 spiro atoms. The molecule has 0 bridgehead atoms. The molecule has 2 aromatic heterocycles. The van der Waals surface area contributed by atoms with Crippen molar-refractivity contribution in [3.63, 3.8) is 0 Å². The molecule has 3 rings (SSSR count). The van der Waals surface area contributed by atoms with Gasteiger partial charge in [0, 0.05) is 44.6 Å². The van der Waals surface area contributed by atoms with Crippen LogP contribution in [0, 0.1) is 13.8 Å². The van der Waals surface area contributed by atoms with E-state index in [1.54, 1.807) is 13.2 Å². The number of pyridine rings is 1. The van der Waals surface area contributed by atoms with Crippen LogP contribution in [0.3, 0.4) is 0 Å². The second-order valence-electron chi connectivity index (χ2n) is 7.72. The molecule has 0 aliphatic heterocycles. The zero-order valence-electron chi connectivity index (χ0n) is 19.0. The van der Waals surface area contributed by atoms with E-state index in [0.29, 0.717) is 19.0 Å². The quantitative estimate of drug-likeness (QED) is 0.432. The third kappa shape index (κ3) is 6.31. The van der Waals surface area contributed by atoms with Crippen LogP contribution in [0.15, 0.2) is 53.7 Å². The molecule has 1 aromatic carbocycles. The predicted octanol–water partition coefficient (Wildman–Crippen LogP) is 3.31. The minimum atomic E-state index is 0.218. The van der Waals surface area contributed by atoms with Crippen molar-refractivity contribution in [1.82, 2.24) is 25.4 Å². The third-order valence-corrected chi connectivity index (χ3v) is 5.26. The Morgan fingerprint density at radius 3 is 2.61 bits per heavy atom. The Morgan fingerprint density at radius 1 is 1.16 bits per heavy atom. The van der Waals surface area contributed by atoms with Crippen molar-refractivity contribution in [3.05, 3.63) is 76.7 Å². The van der Waals surface area contributed by atoms with Gasteiger partial charge in [-0.25, -0.2) is 4.98 Å². The van der Waals surface area contributed by atoms with E-state index in [1.165, 1.54) is 11.3 Å². The normalized spacial score (nSPS) is 12.5. The summed E-state index contributed by atoms with van der Waals surface area (Å²) in [5.41, 5.74) is 5.76. The lowest BCUT2D eigenvalue weighted by atomic mass is 10.1. The van der Waals surface area contributed by atoms with E-state index in [4.69, 9.17) is 4.74 Å². The second kappa shape index (κ2) is 10.6. The first-order chi connectivity index (χ1) is 15.0. The molecule has 0 radical (unpaired) electrons. The molecule has 0 aliphatic rings. The fraction of sp³-hybridized carbons (Fsp3) is 0.375. The highest BCUT2D eigenvalue weighted by Gasteiger charge is 2.14. The summed E-state index contributed by atoms with van der Waals surface area (Å²) < 4.78 is 7.76. The Labute approximate surface area is 184 Å². The number of rotatable bonds is 8. The van der Waals surface area contributed by atoms with Crippen LogP contribution in [0.1, 0.15) is 35.0 Å². The molecular weight excluding hydrogens is 388 g/mol. The predicted molar refractivity (Wildman–Crippen MR) is 124 cm³/mol. The number of hydrogen-bond donors (Lipinski definition) is 2. The SMILES string of the molecule is CN=C(NCc1ccnc(OCc2ccccc2)c1)NC(C)Cc1c(C)nn(C)c1C. The first-order valence-electron chi connectivity index (χ1n) is 10.5. The molecule has 7 heteroatoms. The number of nitrogens with zero attached hydrogens (tertiary/aromatic N) is 4. The first kappa shape index (κ1) is 22.3. The average Bonchev–Trinajstić information content (AvgIpc) is 3.02. The maximum absolute atomic E-state index is 5.83. The molecule has 0 saturated carbocycles. The number of benzene rings is 1. The zero-order chi connectivity index (χ0) is 22.2. The van der Waals surface area contributed by atoms with Gasteiger partial charge in [0.2, 0.25) is 5.88 Å². The Bertz CT molecular complexity index is 1010. The van der Waals surface area contributed by atoms with Gasteiger partial charge in [-0.05, 0) is 49.9 Å². The van der Waals surface area contributed by atoms with Gasteiger partial charge in [0.1, 0.15) is 6.61 Å². The minimum absolute atomic E-state index is 0.218. The van der Waals surface area contributed by atoms with Gasteiger partial charge in [-0.2, -0.15) is 5.10 Å². The van der Waals surface area contributed by atoms with E-state index in [-0.39, 0.29) is 6.04 Å². The van der Waals surface area contributed by atoms with Crippen molar-refractivity contribution >= 4 is 5.96 Å². The van der Waals surface area contributed by atoms with Crippen LogP contribution in [-0.2, 0) is 26.6 Å². The van der Waals surface area contributed by atoms with Gasteiger partial charge in [0.15, 0.2) is 5.96 Å². The van der Waals surface area contributed by atoms with E-state index in [1.807, 2.05) is 54.2 Å². The summed E-state index contributed by atoms with van der Waals surface area (Å²) in [6.45, 7) is 7.44. The smallest absolute Gasteiger partial charge is 0.213 e. The molecule has 1 unspecified atom stereocenters. The molecule has 164 valence electrons. The molecule has 0 saturated heterocycles. The number of aryl methyl sites for hydroxylation is 2. The highest BCUT2D eigenvalue weighted by molar-refractivity contribution is 5.79. The summed E-state index contributed by atoms with van der Waals surface area (Å²) >= 11 is 0. The Morgan fingerprint density at radius 2 is 1.94 bits per heavy atom. The molecule has 0 fully saturated rings. The number of aliphatic imine (C=N–C) groups is 1. The van der Waals surface area contributed by atoms with E-state index in [0.717, 1.165) is 29.2 Å². The lowest BCUT2D eigenvalue weighted by Gasteiger charge is -2.18. The summed E-state index contributed by atoms with van der Waals surface area (Å²) in [6, 6.07) is 14.2. The fourth-order valence-corrected chi connectivity index (χ4v) is 3.45. The lowest BCUT2D eigenvalue weighted by Crippen LogP contribution is -2.42. The molecule has 0 aliphatic carbocycles. The molecule has 1 atom stereocenters. The van der Waals surface area contributed by atoms with Crippen LogP contribution in [0.5, 0.6) is 5.88 Å². The van der Waals surface area contributed by atoms with Gasteiger partial charge >= 0.3 is 0 Å². The van der Waals surface area contributed by atoms with E-state index in [9.17, 15) is 0 Å². The Balaban J connectivity index is 1.52. The van der Waals surface area contributed by atoms with Crippen molar-refractivity contribution in [1.29, 1.82) is 0 Å². The van der Waals surface area contributed by atoms with Crippen LogP contribution in [-0.4, -0.2) is 33.8 Å². The van der Waals surface area contributed by atoms with Crippen molar-refractivity contribution < 1.29 is 4.74 Å². The van der Waals surface area contributed by atoms with Crippen LogP contribution >= 0.6 is 0 Å². The number of ether oxygens (including phenoxy) is 1. The van der Waals surface area contributed by atoms with Crippen molar-refractivity contribution in [2.45, 2.75) is 46.4 Å². The van der Waals surface area contributed by atoms with Gasteiger partial charge in [0.25, 0.3) is 0 Å². The van der Waals surface area contributed by atoms with Gasteiger partial charge < -0.3 is 15.4 Å². The second-order valence-corrected chi connectivity index (χ2v) is 7.72. The van der Waals surface area contributed by atoms with Crippen molar-refractivity contribution in [2.24, 2.45) is 12.0 Å². The van der Waals surface area contributed by atoms with Crippen LogP contribution in [0.2, 0.25) is 0 Å². The lowest BCUT2D eigenvalue weighted by molar-refractivity contribution is 0.293. The summed E-state index contributed by atoms with van der Waals surface area (Å²) in [7, 11) is 3.76. The molecule has 2 heterocycles. The van der Waals surface area contributed by atoms with Crippen molar-refractivity contribution in [3.8, 4) is 5.88 Å². The average molecular weight is 421 g/mol. The highest BCUT2D eigenvalue weighted by Crippen LogP contribution is 2.14.